The molecule has 0 saturated heterocycles. The summed E-state index contributed by atoms with van der Waals surface area (Å²) in [5.74, 6) is -0.298. The molecule has 0 amide bonds. The Morgan fingerprint density at radius 2 is 2.53 bits per heavy atom. The van der Waals surface area contributed by atoms with E-state index >= 15 is 0 Å². The fourth-order valence-electron chi connectivity index (χ4n) is 1.73. The summed E-state index contributed by atoms with van der Waals surface area (Å²) in [5, 5.41) is 0. The van der Waals surface area contributed by atoms with E-state index in [1.54, 1.807) is 6.92 Å². The third kappa shape index (κ3) is 1.79. The first-order valence-electron chi connectivity index (χ1n) is 5.08. The summed E-state index contributed by atoms with van der Waals surface area (Å²) in [6.45, 7) is 4.76. The molecule has 0 spiro atoms. The summed E-state index contributed by atoms with van der Waals surface area (Å²) < 4.78 is 4.93. The van der Waals surface area contributed by atoms with Gasteiger partial charge in [0.2, 0.25) is 0 Å². The first-order valence-corrected chi connectivity index (χ1v) is 5.08. The zero-order valence-corrected chi connectivity index (χ0v) is 8.93. The predicted molar refractivity (Wildman–Crippen MR) is 57.5 cm³/mol. The van der Waals surface area contributed by atoms with Crippen LogP contribution in [0.5, 0.6) is 0 Å². The average molecular weight is 206 g/mol. The van der Waals surface area contributed by atoms with Crippen molar-refractivity contribution in [2.45, 2.75) is 20.0 Å². The smallest absolute Gasteiger partial charge is 0.354 e. The van der Waals surface area contributed by atoms with Crippen molar-refractivity contribution in [1.82, 2.24) is 4.90 Å². The van der Waals surface area contributed by atoms with Crippen molar-refractivity contribution in [3.05, 3.63) is 23.9 Å². The molecule has 0 aromatic heterocycles. The number of fused-ring (bicyclic) bond motifs is 1. The van der Waals surface area contributed by atoms with E-state index in [4.69, 9.17) is 4.74 Å². The molecule has 1 unspecified atom stereocenters. The molecule has 0 saturated carbocycles. The van der Waals surface area contributed by atoms with Crippen LogP contribution < -0.4 is 0 Å². The lowest BCUT2D eigenvalue weighted by molar-refractivity contribution is -0.135. The fraction of sp³-hybridized carbons (Fsp3) is 0.455. The predicted octanol–water partition coefficient (Wildman–Crippen LogP) is 1.11. The lowest BCUT2D eigenvalue weighted by Gasteiger charge is -2.25. The van der Waals surface area contributed by atoms with Crippen molar-refractivity contribution >= 4 is 11.7 Å². The number of carbonyl (C=O) groups is 1. The Hall–Kier alpha value is -1.58. The number of nitrogens with zero attached hydrogens (tertiary/aromatic N) is 2. The highest BCUT2D eigenvalue weighted by Gasteiger charge is 2.30. The van der Waals surface area contributed by atoms with E-state index in [0.717, 1.165) is 5.70 Å². The van der Waals surface area contributed by atoms with Gasteiger partial charge in [-0.25, -0.2) is 4.79 Å². The molecule has 2 aliphatic rings. The van der Waals surface area contributed by atoms with Gasteiger partial charge in [0.15, 0.2) is 0 Å². The van der Waals surface area contributed by atoms with E-state index in [2.05, 4.69) is 9.89 Å². The van der Waals surface area contributed by atoms with E-state index in [-0.39, 0.29) is 12.1 Å². The monoisotopic (exact) mass is 206 g/mol. The molecule has 0 aromatic carbocycles. The van der Waals surface area contributed by atoms with Crippen molar-refractivity contribution in [3.8, 4) is 0 Å². The van der Waals surface area contributed by atoms with Crippen LogP contribution in [0.3, 0.4) is 0 Å². The molecule has 4 heteroatoms. The van der Waals surface area contributed by atoms with Crippen LogP contribution >= 0.6 is 0 Å². The second-order valence-corrected chi connectivity index (χ2v) is 3.53. The number of carbonyl (C=O) groups excluding carboxylic acids is 1. The van der Waals surface area contributed by atoms with Crippen LogP contribution in [0.2, 0.25) is 0 Å². The van der Waals surface area contributed by atoms with E-state index in [1.807, 2.05) is 25.2 Å². The van der Waals surface area contributed by atoms with E-state index < -0.39 is 0 Å². The standard InChI is InChI=1S/C11H14N2O2/c1-3-15-11(14)9-7-13-8(2)5-4-6-10(13)12-9/h4-6,10H,3,7H2,1-2H3. The van der Waals surface area contributed by atoms with E-state index in [9.17, 15) is 4.79 Å². The minimum absolute atomic E-state index is 0.0191. The number of aliphatic imine (C=N–C) groups is 1. The molecule has 0 bridgehead atoms. The SMILES string of the molecule is CCOC(=O)C1=NC2C=CC=C(C)N2C1. The molecule has 2 aliphatic heterocycles. The summed E-state index contributed by atoms with van der Waals surface area (Å²) in [4.78, 5) is 17.9. The van der Waals surface area contributed by atoms with Crippen LogP contribution in [-0.2, 0) is 9.53 Å². The second-order valence-electron chi connectivity index (χ2n) is 3.53. The van der Waals surface area contributed by atoms with Crippen LogP contribution in [-0.4, -0.2) is 35.9 Å². The third-order valence-electron chi connectivity index (χ3n) is 2.51. The van der Waals surface area contributed by atoms with Gasteiger partial charge in [-0.3, -0.25) is 4.99 Å². The van der Waals surface area contributed by atoms with Gasteiger partial charge in [-0.1, -0.05) is 6.08 Å². The molecular weight excluding hydrogens is 192 g/mol. The van der Waals surface area contributed by atoms with Gasteiger partial charge in [0.1, 0.15) is 11.9 Å². The molecule has 0 fully saturated rings. The Kier molecular flexibility index (Phi) is 2.58. The van der Waals surface area contributed by atoms with Crippen molar-refractivity contribution in [2.24, 2.45) is 4.99 Å². The van der Waals surface area contributed by atoms with E-state index in [0.29, 0.717) is 18.9 Å². The van der Waals surface area contributed by atoms with Crippen LogP contribution in [0.15, 0.2) is 28.9 Å². The topological polar surface area (TPSA) is 41.9 Å². The Balaban J connectivity index is 2.11. The Labute approximate surface area is 88.9 Å². The van der Waals surface area contributed by atoms with Gasteiger partial charge in [0, 0.05) is 5.70 Å². The van der Waals surface area contributed by atoms with Gasteiger partial charge in [-0.15, -0.1) is 0 Å². The fourth-order valence-corrected chi connectivity index (χ4v) is 1.73. The average Bonchev–Trinajstić information content (AvgIpc) is 2.63. The van der Waals surface area contributed by atoms with Gasteiger partial charge >= 0.3 is 5.97 Å². The van der Waals surface area contributed by atoms with Crippen LogP contribution in [0.4, 0.5) is 0 Å². The largest absolute Gasteiger partial charge is 0.461 e. The van der Waals surface area contributed by atoms with Gasteiger partial charge in [-0.05, 0) is 26.0 Å². The molecule has 80 valence electrons. The second kappa shape index (κ2) is 3.88. The summed E-state index contributed by atoms with van der Waals surface area (Å²) in [6.07, 6.45) is 5.93. The molecule has 0 N–H and O–H groups in total. The maximum absolute atomic E-state index is 11.5. The lowest BCUT2D eigenvalue weighted by Crippen LogP contribution is -2.31. The molecule has 15 heavy (non-hydrogen) atoms. The highest BCUT2D eigenvalue weighted by atomic mass is 16.5. The van der Waals surface area contributed by atoms with Crippen molar-refractivity contribution in [1.29, 1.82) is 0 Å². The Morgan fingerprint density at radius 3 is 3.20 bits per heavy atom. The summed E-state index contributed by atoms with van der Waals surface area (Å²) in [5.41, 5.74) is 1.65. The summed E-state index contributed by atoms with van der Waals surface area (Å²) in [6, 6.07) is 0. The molecule has 4 nitrogen and oxygen atoms in total. The normalized spacial score (nSPS) is 23.3. The van der Waals surface area contributed by atoms with Crippen molar-refractivity contribution in [3.63, 3.8) is 0 Å². The molecule has 2 heterocycles. The van der Waals surface area contributed by atoms with Gasteiger partial charge in [-0.2, -0.15) is 0 Å². The molecule has 0 radical (unpaired) electrons. The summed E-state index contributed by atoms with van der Waals surface area (Å²) >= 11 is 0. The zero-order valence-electron chi connectivity index (χ0n) is 8.93. The summed E-state index contributed by atoms with van der Waals surface area (Å²) in [7, 11) is 0. The molecule has 0 aromatic rings. The van der Waals surface area contributed by atoms with Crippen molar-refractivity contribution < 1.29 is 9.53 Å². The molecular formula is C11H14N2O2. The maximum atomic E-state index is 11.5. The number of hydrogen-bond donors (Lipinski definition) is 0. The minimum Gasteiger partial charge on any atom is -0.461 e. The highest BCUT2D eigenvalue weighted by molar-refractivity contribution is 6.37. The number of esters is 1. The third-order valence-corrected chi connectivity index (χ3v) is 2.51. The maximum Gasteiger partial charge on any atom is 0.354 e. The first-order chi connectivity index (χ1) is 7.22. The number of ether oxygens (including phenoxy) is 1. The zero-order chi connectivity index (χ0) is 10.8. The number of hydrogen-bond acceptors (Lipinski definition) is 4. The van der Waals surface area contributed by atoms with Crippen LogP contribution in [0.25, 0.3) is 0 Å². The van der Waals surface area contributed by atoms with E-state index in [1.165, 1.54) is 0 Å². The quantitative estimate of drug-likeness (QED) is 0.635. The van der Waals surface area contributed by atoms with Crippen LogP contribution in [0, 0.1) is 0 Å². The number of rotatable bonds is 2. The highest BCUT2D eigenvalue weighted by Crippen LogP contribution is 2.21. The van der Waals surface area contributed by atoms with Crippen LogP contribution in [0.1, 0.15) is 13.8 Å². The Morgan fingerprint density at radius 1 is 1.73 bits per heavy atom. The molecule has 0 aliphatic carbocycles. The van der Waals surface area contributed by atoms with Gasteiger partial charge < -0.3 is 9.64 Å². The van der Waals surface area contributed by atoms with Crippen molar-refractivity contribution in [2.75, 3.05) is 13.2 Å². The number of allylic oxidation sites excluding steroid dienone is 3. The van der Waals surface area contributed by atoms with Gasteiger partial charge in [0.25, 0.3) is 0 Å². The first kappa shape index (κ1) is 9.96. The lowest BCUT2D eigenvalue weighted by atomic mass is 10.2. The molecule has 1 atom stereocenters. The Bertz CT molecular complexity index is 369. The van der Waals surface area contributed by atoms with Gasteiger partial charge in [0.05, 0.1) is 13.2 Å². The molecule has 2 rings (SSSR count). The minimum atomic E-state index is -0.298.